The Balaban J connectivity index is 2.83. The van der Waals surface area contributed by atoms with Crippen LogP contribution in [0.4, 0.5) is 26.3 Å². The zero-order valence-corrected chi connectivity index (χ0v) is 9.50. The Morgan fingerprint density at radius 3 is 2.25 bits per heavy atom. The number of rotatable bonds is 4. The molecule has 1 aromatic rings. The van der Waals surface area contributed by atoms with Gasteiger partial charge in [-0.05, 0) is 17.7 Å². The monoisotopic (exact) mass is 303 g/mol. The minimum absolute atomic E-state index is 0.170. The van der Waals surface area contributed by atoms with E-state index < -0.39 is 36.7 Å². The van der Waals surface area contributed by atoms with Crippen LogP contribution in [-0.4, -0.2) is 34.5 Å². The maximum Gasteiger partial charge on any atom is 0.423 e. The molecule has 1 aromatic heterocycles. The van der Waals surface area contributed by atoms with E-state index in [1.165, 1.54) is 0 Å². The molecule has 0 aliphatic carbocycles. The van der Waals surface area contributed by atoms with Crippen molar-refractivity contribution in [2.75, 3.05) is 0 Å². The number of pyridine rings is 1. The lowest BCUT2D eigenvalue weighted by Gasteiger charge is -2.23. The SMILES string of the molecule is O=C(O)c1cc(COC(C(F)(F)F)C(F)(F)F)ccn1. The molecule has 0 fully saturated rings. The first-order valence-corrected chi connectivity index (χ1v) is 4.95. The molecule has 1 rings (SSSR count). The molecule has 0 aliphatic rings. The third-order valence-corrected chi connectivity index (χ3v) is 2.05. The second-order valence-corrected chi connectivity index (χ2v) is 3.63. The highest BCUT2D eigenvalue weighted by atomic mass is 19.4. The predicted octanol–water partition coefficient (Wildman–Crippen LogP) is 2.79. The van der Waals surface area contributed by atoms with Crippen LogP contribution in [0.1, 0.15) is 16.1 Å². The third-order valence-electron chi connectivity index (χ3n) is 2.05. The summed E-state index contributed by atoms with van der Waals surface area (Å²) in [5.74, 6) is -1.46. The molecule has 0 aliphatic heterocycles. The molecule has 0 atom stereocenters. The zero-order valence-electron chi connectivity index (χ0n) is 9.50. The summed E-state index contributed by atoms with van der Waals surface area (Å²) >= 11 is 0. The van der Waals surface area contributed by atoms with Gasteiger partial charge in [0.05, 0.1) is 6.61 Å². The Labute approximate surface area is 108 Å². The van der Waals surface area contributed by atoms with E-state index in [0.29, 0.717) is 0 Å². The van der Waals surface area contributed by atoms with Crippen LogP contribution in [0.5, 0.6) is 0 Å². The Kier molecular flexibility index (Phi) is 4.58. The van der Waals surface area contributed by atoms with Crippen LogP contribution in [0.15, 0.2) is 18.3 Å². The number of nitrogens with zero attached hydrogens (tertiary/aromatic N) is 1. The average molecular weight is 303 g/mol. The Morgan fingerprint density at radius 2 is 1.80 bits per heavy atom. The molecular weight excluding hydrogens is 296 g/mol. The summed E-state index contributed by atoms with van der Waals surface area (Å²) in [5, 5.41) is 8.58. The summed E-state index contributed by atoms with van der Waals surface area (Å²) in [4.78, 5) is 13.9. The second kappa shape index (κ2) is 5.65. The van der Waals surface area contributed by atoms with Crippen molar-refractivity contribution in [3.8, 4) is 0 Å². The van der Waals surface area contributed by atoms with Crippen LogP contribution >= 0.6 is 0 Å². The molecule has 4 nitrogen and oxygen atoms in total. The Bertz CT molecular complexity index is 471. The molecule has 112 valence electrons. The first-order chi connectivity index (χ1) is 9.01. The van der Waals surface area contributed by atoms with Crippen molar-refractivity contribution in [3.63, 3.8) is 0 Å². The van der Waals surface area contributed by atoms with Gasteiger partial charge in [-0.25, -0.2) is 9.78 Å². The van der Waals surface area contributed by atoms with Crippen molar-refractivity contribution in [3.05, 3.63) is 29.6 Å². The van der Waals surface area contributed by atoms with E-state index in [2.05, 4.69) is 9.72 Å². The van der Waals surface area contributed by atoms with Crippen molar-refractivity contribution >= 4 is 5.97 Å². The quantitative estimate of drug-likeness (QED) is 0.869. The number of aromatic nitrogens is 1. The molecule has 0 saturated carbocycles. The molecule has 0 amide bonds. The number of ether oxygens (including phenoxy) is 1. The third kappa shape index (κ3) is 4.37. The van der Waals surface area contributed by atoms with Gasteiger partial charge in [0.25, 0.3) is 0 Å². The van der Waals surface area contributed by atoms with Gasteiger partial charge in [0.1, 0.15) is 5.69 Å². The number of carbonyl (C=O) groups is 1. The van der Waals surface area contributed by atoms with Crippen LogP contribution in [-0.2, 0) is 11.3 Å². The first kappa shape index (κ1) is 16.2. The summed E-state index contributed by atoms with van der Waals surface area (Å²) < 4.78 is 76.9. The molecule has 1 N–H and O–H groups in total. The lowest BCUT2D eigenvalue weighted by atomic mass is 10.2. The molecular formula is C10H7F6NO3. The van der Waals surface area contributed by atoms with Crippen LogP contribution < -0.4 is 0 Å². The average Bonchev–Trinajstić information content (AvgIpc) is 2.25. The largest absolute Gasteiger partial charge is 0.477 e. The highest BCUT2D eigenvalue weighted by Gasteiger charge is 2.57. The number of hydrogen-bond donors (Lipinski definition) is 1. The Hall–Kier alpha value is -1.84. The number of alkyl halides is 6. The van der Waals surface area contributed by atoms with Gasteiger partial charge >= 0.3 is 18.3 Å². The first-order valence-electron chi connectivity index (χ1n) is 4.95. The molecule has 0 bridgehead atoms. The highest BCUT2D eigenvalue weighted by molar-refractivity contribution is 5.85. The number of halogens is 6. The summed E-state index contributed by atoms with van der Waals surface area (Å²) in [6, 6.07) is 1.88. The van der Waals surface area contributed by atoms with Crippen molar-refractivity contribution in [1.82, 2.24) is 4.98 Å². The fourth-order valence-electron chi connectivity index (χ4n) is 1.24. The lowest BCUT2D eigenvalue weighted by molar-refractivity contribution is -0.324. The smallest absolute Gasteiger partial charge is 0.423 e. The van der Waals surface area contributed by atoms with Gasteiger partial charge in [0.2, 0.25) is 6.10 Å². The Morgan fingerprint density at radius 1 is 1.25 bits per heavy atom. The van der Waals surface area contributed by atoms with Gasteiger partial charge in [-0.15, -0.1) is 0 Å². The fourth-order valence-corrected chi connectivity index (χ4v) is 1.24. The molecule has 0 spiro atoms. The van der Waals surface area contributed by atoms with E-state index in [0.717, 1.165) is 18.3 Å². The zero-order chi connectivity index (χ0) is 15.6. The van der Waals surface area contributed by atoms with Crippen molar-refractivity contribution < 1.29 is 41.0 Å². The standard InChI is InChI=1S/C10H7F6NO3/c11-9(12,13)8(10(14,15)16)20-4-5-1-2-17-6(3-5)7(18)19/h1-3,8H,4H2,(H,18,19). The minimum atomic E-state index is -5.61. The van der Waals surface area contributed by atoms with Gasteiger partial charge in [0.15, 0.2) is 0 Å². The fraction of sp³-hybridized carbons (Fsp3) is 0.400. The summed E-state index contributed by atoms with van der Waals surface area (Å²) in [6.45, 7) is -1.05. The van der Waals surface area contributed by atoms with Crippen molar-refractivity contribution in [2.45, 2.75) is 25.1 Å². The van der Waals surface area contributed by atoms with Crippen LogP contribution in [0, 0.1) is 0 Å². The van der Waals surface area contributed by atoms with Crippen LogP contribution in [0.3, 0.4) is 0 Å². The lowest BCUT2D eigenvalue weighted by Crippen LogP contribution is -2.44. The van der Waals surface area contributed by atoms with E-state index in [1.54, 1.807) is 0 Å². The summed E-state index contributed by atoms with van der Waals surface area (Å²) in [6.07, 6.45) is -14.2. The maximum atomic E-state index is 12.2. The summed E-state index contributed by atoms with van der Waals surface area (Å²) in [7, 11) is 0. The van der Waals surface area contributed by atoms with E-state index in [9.17, 15) is 31.1 Å². The van der Waals surface area contributed by atoms with E-state index in [1.807, 2.05) is 0 Å². The normalized spacial score (nSPS) is 12.8. The number of hydrogen-bond acceptors (Lipinski definition) is 3. The van der Waals surface area contributed by atoms with E-state index >= 15 is 0 Å². The van der Waals surface area contributed by atoms with Crippen molar-refractivity contribution in [1.29, 1.82) is 0 Å². The molecule has 0 radical (unpaired) electrons. The topological polar surface area (TPSA) is 59.4 Å². The van der Waals surface area contributed by atoms with E-state index in [-0.39, 0.29) is 5.56 Å². The number of carboxylic acids is 1. The van der Waals surface area contributed by atoms with Crippen LogP contribution in [0.2, 0.25) is 0 Å². The molecule has 20 heavy (non-hydrogen) atoms. The van der Waals surface area contributed by atoms with Gasteiger partial charge in [-0.2, -0.15) is 26.3 Å². The number of aromatic carboxylic acids is 1. The summed E-state index contributed by atoms with van der Waals surface area (Å²) in [5.41, 5.74) is -0.683. The molecule has 10 heteroatoms. The molecule has 0 aromatic carbocycles. The van der Waals surface area contributed by atoms with Gasteiger partial charge in [-0.1, -0.05) is 0 Å². The minimum Gasteiger partial charge on any atom is -0.477 e. The number of carboxylic acid groups (broad SMARTS) is 1. The maximum absolute atomic E-state index is 12.2. The van der Waals surface area contributed by atoms with E-state index in [4.69, 9.17) is 5.11 Å². The van der Waals surface area contributed by atoms with Gasteiger partial charge in [-0.3, -0.25) is 0 Å². The van der Waals surface area contributed by atoms with Crippen molar-refractivity contribution in [2.24, 2.45) is 0 Å². The molecule has 1 heterocycles. The van der Waals surface area contributed by atoms with Gasteiger partial charge in [0, 0.05) is 6.20 Å². The second-order valence-electron chi connectivity index (χ2n) is 3.63. The molecule has 0 saturated heterocycles. The highest BCUT2D eigenvalue weighted by Crippen LogP contribution is 2.36. The van der Waals surface area contributed by atoms with Gasteiger partial charge < -0.3 is 9.84 Å². The van der Waals surface area contributed by atoms with Crippen LogP contribution in [0.25, 0.3) is 0 Å². The molecule has 0 unspecified atom stereocenters. The predicted molar refractivity (Wildman–Crippen MR) is 51.9 cm³/mol.